The number of amides is 1. The van der Waals surface area contributed by atoms with Crippen molar-refractivity contribution in [1.82, 2.24) is 5.32 Å². The van der Waals surface area contributed by atoms with E-state index in [2.05, 4.69) is 5.32 Å². The molecule has 0 aliphatic rings. The smallest absolute Gasteiger partial charge is 0.258 e. The molecule has 0 saturated carbocycles. The second kappa shape index (κ2) is 7.81. The van der Waals surface area contributed by atoms with Gasteiger partial charge in [0.15, 0.2) is 16.4 Å². The molecule has 0 aliphatic heterocycles. The molecule has 0 radical (unpaired) electrons. The topological polar surface area (TPSA) is 96.3 Å². The third kappa shape index (κ3) is 5.06. The van der Waals surface area contributed by atoms with E-state index in [4.69, 9.17) is 10.00 Å². The standard InChI is InChI=1S/C18H18N2O4S/c1-13(14-7-9-16(10-8-14)25(2,22)23)20-18(21)12-24-17-6-4-3-5-15(17)11-19/h3-10,13H,12H2,1-2H3,(H,20,21). The summed E-state index contributed by atoms with van der Waals surface area (Å²) in [7, 11) is -3.25. The zero-order valence-electron chi connectivity index (χ0n) is 13.9. The molecular weight excluding hydrogens is 340 g/mol. The fourth-order valence-corrected chi connectivity index (χ4v) is 2.83. The molecule has 25 heavy (non-hydrogen) atoms. The van der Waals surface area contributed by atoms with Gasteiger partial charge in [-0.05, 0) is 36.8 Å². The molecule has 0 spiro atoms. The predicted octanol–water partition coefficient (Wildman–Crippen LogP) is 2.22. The molecule has 7 heteroatoms. The highest BCUT2D eigenvalue weighted by atomic mass is 32.2. The Morgan fingerprint density at radius 2 is 1.84 bits per heavy atom. The molecule has 6 nitrogen and oxygen atoms in total. The van der Waals surface area contributed by atoms with Crippen molar-refractivity contribution >= 4 is 15.7 Å². The zero-order chi connectivity index (χ0) is 18.4. The first-order valence-corrected chi connectivity index (χ1v) is 9.41. The molecule has 0 saturated heterocycles. The van der Waals surface area contributed by atoms with Gasteiger partial charge in [-0.1, -0.05) is 24.3 Å². The van der Waals surface area contributed by atoms with Crippen molar-refractivity contribution in [3.05, 3.63) is 59.7 Å². The largest absolute Gasteiger partial charge is 0.482 e. The summed E-state index contributed by atoms with van der Waals surface area (Å²) in [5.41, 5.74) is 1.14. The lowest BCUT2D eigenvalue weighted by atomic mass is 10.1. The van der Waals surface area contributed by atoms with Crippen molar-refractivity contribution in [3.63, 3.8) is 0 Å². The molecule has 130 valence electrons. The van der Waals surface area contributed by atoms with Crippen LogP contribution in [0.5, 0.6) is 5.75 Å². The van der Waals surface area contributed by atoms with E-state index < -0.39 is 9.84 Å². The SMILES string of the molecule is CC(NC(=O)COc1ccccc1C#N)c1ccc(S(C)(=O)=O)cc1. The van der Waals surface area contributed by atoms with Crippen molar-refractivity contribution < 1.29 is 17.9 Å². The van der Waals surface area contributed by atoms with Crippen LogP contribution in [0.2, 0.25) is 0 Å². The minimum atomic E-state index is -3.25. The summed E-state index contributed by atoms with van der Waals surface area (Å²) in [6.07, 6.45) is 1.14. The molecule has 0 aliphatic carbocycles. The number of benzene rings is 2. The fraction of sp³-hybridized carbons (Fsp3) is 0.222. The highest BCUT2D eigenvalue weighted by Crippen LogP contribution is 2.18. The number of nitrogens with one attached hydrogen (secondary N) is 1. The highest BCUT2D eigenvalue weighted by molar-refractivity contribution is 7.90. The van der Waals surface area contributed by atoms with Crippen LogP contribution in [0.25, 0.3) is 0 Å². The Morgan fingerprint density at radius 1 is 1.20 bits per heavy atom. The van der Waals surface area contributed by atoms with Crippen LogP contribution < -0.4 is 10.1 Å². The van der Waals surface area contributed by atoms with Gasteiger partial charge in [0, 0.05) is 6.26 Å². The zero-order valence-corrected chi connectivity index (χ0v) is 14.7. The fourth-order valence-electron chi connectivity index (χ4n) is 2.20. The van der Waals surface area contributed by atoms with Crippen LogP contribution in [-0.2, 0) is 14.6 Å². The summed E-state index contributed by atoms with van der Waals surface area (Å²) < 4.78 is 28.3. The maximum absolute atomic E-state index is 12.0. The average molecular weight is 358 g/mol. The first-order chi connectivity index (χ1) is 11.8. The summed E-state index contributed by atoms with van der Waals surface area (Å²) in [6.45, 7) is 1.57. The van der Waals surface area contributed by atoms with Crippen LogP contribution >= 0.6 is 0 Å². The van der Waals surface area contributed by atoms with E-state index in [1.807, 2.05) is 6.07 Å². The third-order valence-corrected chi connectivity index (χ3v) is 4.68. The Balaban J connectivity index is 1.95. The second-order valence-electron chi connectivity index (χ2n) is 5.53. The summed E-state index contributed by atoms with van der Waals surface area (Å²) in [5.74, 6) is 0.0118. The molecule has 1 atom stereocenters. The minimum Gasteiger partial charge on any atom is -0.482 e. The van der Waals surface area contributed by atoms with E-state index in [0.29, 0.717) is 11.3 Å². The summed E-state index contributed by atoms with van der Waals surface area (Å²) >= 11 is 0. The van der Waals surface area contributed by atoms with Gasteiger partial charge in [0.05, 0.1) is 16.5 Å². The lowest BCUT2D eigenvalue weighted by Crippen LogP contribution is -2.31. The number of nitriles is 1. The highest BCUT2D eigenvalue weighted by Gasteiger charge is 2.13. The van der Waals surface area contributed by atoms with Gasteiger partial charge >= 0.3 is 0 Å². The maximum atomic E-state index is 12.0. The number of sulfone groups is 1. The van der Waals surface area contributed by atoms with E-state index in [-0.39, 0.29) is 23.5 Å². The molecule has 2 rings (SSSR count). The van der Waals surface area contributed by atoms with Gasteiger partial charge in [0.1, 0.15) is 11.8 Å². The van der Waals surface area contributed by atoms with E-state index in [9.17, 15) is 13.2 Å². The molecule has 1 unspecified atom stereocenters. The number of ether oxygens (including phenoxy) is 1. The van der Waals surface area contributed by atoms with Gasteiger partial charge in [0.25, 0.3) is 5.91 Å². The Bertz CT molecular complexity index is 899. The number of nitrogens with zero attached hydrogens (tertiary/aromatic N) is 1. The minimum absolute atomic E-state index is 0.218. The van der Waals surface area contributed by atoms with Gasteiger partial charge < -0.3 is 10.1 Å². The number of carbonyl (C=O) groups is 1. The predicted molar refractivity (Wildman–Crippen MR) is 92.8 cm³/mol. The number of para-hydroxylation sites is 1. The monoisotopic (exact) mass is 358 g/mol. The summed E-state index contributed by atoms with van der Waals surface area (Å²) in [5, 5.41) is 11.7. The third-order valence-electron chi connectivity index (χ3n) is 3.55. The molecular formula is C18H18N2O4S. The molecule has 0 bridgehead atoms. The first kappa shape index (κ1) is 18.5. The van der Waals surface area contributed by atoms with Crippen molar-refractivity contribution in [2.45, 2.75) is 17.9 Å². The van der Waals surface area contributed by atoms with Gasteiger partial charge in [-0.2, -0.15) is 5.26 Å². The Labute approximate surface area is 147 Å². The molecule has 0 fully saturated rings. The normalized spacial score (nSPS) is 12.0. The Morgan fingerprint density at radius 3 is 2.44 bits per heavy atom. The summed E-state index contributed by atoms with van der Waals surface area (Å²) in [4.78, 5) is 12.2. The quantitative estimate of drug-likeness (QED) is 0.854. The molecule has 2 aromatic rings. The molecule has 0 heterocycles. The lowest BCUT2D eigenvalue weighted by Gasteiger charge is -2.15. The van der Waals surface area contributed by atoms with Crippen LogP contribution in [0.4, 0.5) is 0 Å². The number of hydrogen-bond acceptors (Lipinski definition) is 5. The number of rotatable bonds is 6. The van der Waals surface area contributed by atoms with Crippen molar-refractivity contribution in [2.75, 3.05) is 12.9 Å². The van der Waals surface area contributed by atoms with E-state index in [1.165, 1.54) is 12.1 Å². The van der Waals surface area contributed by atoms with Crippen LogP contribution in [0.15, 0.2) is 53.4 Å². The van der Waals surface area contributed by atoms with Crippen LogP contribution in [0.3, 0.4) is 0 Å². The molecule has 0 aromatic heterocycles. The lowest BCUT2D eigenvalue weighted by molar-refractivity contribution is -0.123. The van der Waals surface area contributed by atoms with Gasteiger partial charge in [-0.3, -0.25) is 4.79 Å². The molecule has 1 N–H and O–H groups in total. The Kier molecular flexibility index (Phi) is 5.78. The first-order valence-electron chi connectivity index (χ1n) is 7.52. The van der Waals surface area contributed by atoms with E-state index in [1.54, 1.807) is 43.3 Å². The van der Waals surface area contributed by atoms with Crippen molar-refractivity contribution in [2.24, 2.45) is 0 Å². The van der Waals surface area contributed by atoms with E-state index in [0.717, 1.165) is 11.8 Å². The van der Waals surface area contributed by atoms with Gasteiger partial charge in [0.2, 0.25) is 0 Å². The molecule has 2 aromatic carbocycles. The average Bonchev–Trinajstić information content (AvgIpc) is 2.59. The van der Waals surface area contributed by atoms with Crippen LogP contribution in [0.1, 0.15) is 24.1 Å². The van der Waals surface area contributed by atoms with Crippen molar-refractivity contribution in [3.8, 4) is 11.8 Å². The molecule has 1 amide bonds. The second-order valence-corrected chi connectivity index (χ2v) is 7.54. The summed E-state index contributed by atoms with van der Waals surface area (Å²) in [6, 6.07) is 14.7. The number of hydrogen-bond donors (Lipinski definition) is 1. The van der Waals surface area contributed by atoms with Crippen molar-refractivity contribution in [1.29, 1.82) is 5.26 Å². The van der Waals surface area contributed by atoms with E-state index >= 15 is 0 Å². The maximum Gasteiger partial charge on any atom is 0.258 e. The van der Waals surface area contributed by atoms with Crippen LogP contribution in [-0.4, -0.2) is 27.2 Å². The Hall–Kier alpha value is -2.85. The van der Waals surface area contributed by atoms with Gasteiger partial charge in [-0.25, -0.2) is 8.42 Å². The van der Waals surface area contributed by atoms with Gasteiger partial charge in [-0.15, -0.1) is 0 Å². The number of carbonyl (C=O) groups excluding carboxylic acids is 1. The van der Waals surface area contributed by atoms with Crippen LogP contribution in [0, 0.1) is 11.3 Å².